The molecule has 22 heavy (non-hydrogen) atoms. The number of alkyl halides is 3. The zero-order valence-corrected chi connectivity index (χ0v) is 13.8. The number of rotatable bonds is 8. The van der Waals surface area contributed by atoms with Gasteiger partial charge in [-0.05, 0) is 61.1 Å². The second-order valence-electron chi connectivity index (χ2n) is 5.35. The van der Waals surface area contributed by atoms with Gasteiger partial charge in [0.2, 0.25) is 0 Å². The third kappa shape index (κ3) is 5.65. The van der Waals surface area contributed by atoms with Crippen LogP contribution in [0.4, 0.5) is 13.2 Å². The summed E-state index contributed by atoms with van der Waals surface area (Å²) < 4.78 is 39.1. The molecule has 0 bridgehead atoms. The van der Waals surface area contributed by atoms with Gasteiger partial charge in [0.05, 0.1) is 0 Å². The fourth-order valence-electron chi connectivity index (χ4n) is 2.29. The van der Waals surface area contributed by atoms with Crippen LogP contribution in [0.3, 0.4) is 0 Å². The standard InChI is InChI=1S/C17H23ClF3N/c1-4-10-22-16(17(19,20)21)9-7-13-6-8-14(18)11-15(13)12(3)5-2/h6,8,11,16,22H,3-5,7,9-10H2,1-2H3. The monoisotopic (exact) mass is 333 g/mol. The molecule has 1 N–H and O–H groups in total. The number of nitrogens with one attached hydrogen (secondary N) is 1. The molecule has 0 aliphatic heterocycles. The van der Waals surface area contributed by atoms with Crippen molar-refractivity contribution in [2.75, 3.05) is 6.54 Å². The third-order valence-corrected chi connectivity index (χ3v) is 3.85. The molecule has 1 aromatic rings. The first-order chi connectivity index (χ1) is 10.3. The number of halogens is 4. The summed E-state index contributed by atoms with van der Waals surface area (Å²) in [4.78, 5) is 0. The van der Waals surface area contributed by atoms with Crippen molar-refractivity contribution in [3.05, 3.63) is 40.9 Å². The molecule has 0 spiro atoms. The van der Waals surface area contributed by atoms with Crippen molar-refractivity contribution in [3.8, 4) is 0 Å². The van der Waals surface area contributed by atoms with E-state index < -0.39 is 12.2 Å². The lowest BCUT2D eigenvalue weighted by molar-refractivity contribution is -0.157. The predicted octanol–water partition coefficient (Wildman–Crippen LogP) is 5.63. The predicted molar refractivity (Wildman–Crippen MR) is 87.2 cm³/mol. The van der Waals surface area contributed by atoms with Crippen molar-refractivity contribution in [1.29, 1.82) is 0 Å². The summed E-state index contributed by atoms with van der Waals surface area (Å²) in [5.41, 5.74) is 2.62. The number of hydrogen-bond donors (Lipinski definition) is 1. The SMILES string of the molecule is C=C(CC)c1cc(Cl)ccc1CCC(NCCC)C(F)(F)F. The second-order valence-corrected chi connectivity index (χ2v) is 5.78. The Morgan fingerprint density at radius 2 is 2.00 bits per heavy atom. The lowest BCUT2D eigenvalue weighted by atomic mass is 9.94. The van der Waals surface area contributed by atoms with E-state index in [1.807, 2.05) is 13.8 Å². The smallest absolute Gasteiger partial charge is 0.306 e. The van der Waals surface area contributed by atoms with Crippen molar-refractivity contribution < 1.29 is 13.2 Å². The summed E-state index contributed by atoms with van der Waals surface area (Å²) in [5, 5.41) is 3.15. The van der Waals surface area contributed by atoms with Crippen LogP contribution in [-0.2, 0) is 6.42 Å². The van der Waals surface area contributed by atoms with Crippen LogP contribution in [0.15, 0.2) is 24.8 Å². The molecule has 1 rings (SSSR count). The summed E-state index contributed by atoms with van der Waals surface area (Å²) in [6, 6.07) is 3.81. The number of hydrogen-bond acceptors (Lipinski definition) is 1. The van der Waals surface area contributed by atoms with Gasteiger partial charge in [-0.1, -0.05) is 38.1 Å². The van der Waals surface area contributed by atoms with Crippen LogP contribution in [0.2, 0.25) is 5.02 Å². The molecule has 0 saturated heterocycles. The molecule has 0 saturated carbocycles. The van der Waals surface area contributed by atoms with E-state index in [0.29, 0.717) is 24.4 Å². The maximum Gasteiger partial charge on any atom is 0.403 e. The van der Waals surface area contributed by atoms with E-state index in [1.165, 1.54) is 0 Å². The molecule has 0 aliphatic rings. The first kappa shape index (κ1) is 19.0. The molecule has 0 aromatic heterocycles. The van der Waals surface area contributed by atoms with Crippen molar-refractivity contribution in [2.24, 2.45) is 0 Å². The molecule has 1 atom stereocenters. The van der Waals surface area contributed by atoms with Crippen molar-refractivity contribution in [1.82, 2.24) is 5.32 Å². The van der Waals surface area contributed by atoms with Crippen LogP contribution in [-0.4, -0.2) is 18.8 Å². The number of aryl methyl sites for hydroxylation is 1. The van der Waals surface area contributed by atoms with E-state index in [2.05, 4.69) is 11.9 Å². The maximum atomic E-state index is 13.0. The van der Waals surface area contributed by atoms with E-state index in [1.54, 1.807) is 18.2 Å². The van der Waals surface area contributed by atoms with Crippen LogP contribution < -0.4 is 5.32 Å². The summed E-state index contributed by atoms with van der Waals surface area (Å²) in [7, 11) is 0. The Morgan fingerprint density at radius 1 is 1.32 bits per heavy atom. The van der Waals surface area contributed by atoms with E-state index in [9.17, 15) is 13.2 Å². The Balaban J connectivity index is 2.87. The van der Waals surface area contributed by atoms with Crippen molar-refractivity contribution in [2.45, 2.75) is 51.7 Å². The average Bonchev–Trinajstić information content (AvgIpc) is 2.46. The minimum absolute atomic E-state index is 0.00905. The highest BCUT2D eigenvalue weighted by Gasteiger charge is 2.38. The van der Waals surface area contributed by atoms with Gasteiger partial charge >= 0.3 is 6.18 Å². The first-order valence-corrected chi connectivity index (χ1v) is 7.94. The normalized spacial score (nSPS) is 13.2. The Hall–Kier alpha value is -1.00. The summed E-state index contributed by atoms with van der Waals surface area (Å²) >= 11 is 5.99. The van der Waals surface area contributed by atoms with E-state index in [-0.39, 0.29) is 6.42 Å². The van der Waals surface area contributed by atoms with Gasteiger partial charge in [0.25, 0.3) is 0 Å². The highest BCUT2D eigenvalue weighted by molar-refractivity contribution is 6.30. The lowest BCUT2D eigenvalue weighted by Gasteiger charge is -2.22. The first-order valence-electron chi connectivity index (χ1n) is 7.56. The molecule has 0 amide bonds. The van der Waals surface area contributed by atoms with E-state index >= 15 is 0 Å². The summed E-state index contributed by atoms with van der Waals surface area (Å²) in [6.07, 6.45) is -2.47. The van der Waals surface area contributed by atoms with Gasteiger partial charge in [-0.2, -0.15) is 13.2 Å². The van der Waals surface area contributed by atoms with Gasteiger partial charge in [0.15, 0.2) is 0 Å². The Labute approximate surface area is 135 Å². The van der Waals surface area contributed by atoms with Gasteiger partial charge < -0.3 is 5.32 Å². The van der Waals surface area contributed by atoms with Crippen LogP contribution in [0.1, 0.15) is 44.2 Å². The van der Waals surface area contributed by atoms with E-state index in [0.717, 1.165) is 23.1 Å². The zero-order valence-electron chi connectivity index (χ0n) is 13.1. The Morgan fingerprint density at radius 3 is 2.55 bits per heavy atom. The molecule has 1 nitrogen and oxygen atoms in total. The molecule has 1 aromatic carbocycles. The van der Waals surface area contributed by atoms with Gasteiger partial charge in [0, 0.05) is 5.02 Å². The van der Waals surface area contributed by atoms with Gasteiger partial charge in [-0.25, -0.2) is 0 Å². The summed E-state index contributed by atoms with van der Waals surface area (Å²) in [5.74, 6) is 0. The molecule has 0 heterocycles. The number of allylic oxidation sites excluding steroid dienone is 1. The largest absolute Gasteiger partial charge is 0.403 e. The van der Waals surface area contributed by atoms with Crippen molar-refractivity contribution in [3.63, 3.8) is 0 Å². The topological polar surface area (TPSA) is 12.0 Å². The van der Waals surface area contributed by atoms with Gasteiger partial charge in [0.1, 0.15) is 6.04 Å². The van der Waals surface area contributed by atoms with Crippen LogP contribution in [0, 0.1) is 0 Å². The fourth-order valence-corrected chi connectivity index (χ4v) is 2.46. The molecule has 0 aliphatic carbocycles. The molecule has 5 heteroatoms. The molecular formula is C17H23ClF3N. The van der Waals surface area contributed by atoms with Crippen LogP contribution in [0.25, 0.3) is 5.57 Å². The van der Waals surface area contributed by atoms with Crippen LogP contribution >= 0.6 is 11.6 Å². The lowest BCUT2D eigenvalue weighted by Crippen LogP contribution is -2.42. The minimum Gasteiger partial charge on any atom is -0.306 e. The number of benzene rings is 1. The third-order valence-electron chi connectivity index (χ3n) is 3.62. The van der Waals surface area contributed by atoms with Gasteiger partial charge in [-0.3, -0.25) is 0 Å². The fraction of sp³-hybridized carbons (Fsp3) is 0.529. The van der Waals surface area contributed by atoms with Crippen molar-refractivity contribution >= 4 is 17.2 Å². The molecule has 124 valence electrons. The second kappa shape index (κ2) is 8.59. The maximum absolute atomic E-state index is 13.0. The van der Waals surface area contributed by atoms with Crippen LogP contribution in [0.5, 0.6) is 0 Å². The zero-order chi connectivity index (χ0) is 16.8. The molecule has 1 unspecified atom stereocenters. The minimum atomic E-state index is -4.23. The average molecular weight is 334 g/mol. The highest BCUT2D eigenvalue weighted by Crippen LogP contribution is 2.28. The highest BCUT2D eigenvalue weighted by atomic mass is 35.5. The quantitative estimate of drug-likeness (QED) is 0.650. The summed E-state index contributed by atoms with van der Waals surface area (Å²) in [6.45, 7) is 8.15. The Bertz CT molecular complexity index is 497. The molecular weight excluding hydrogens is 311 g/mol. The van der Waals surface area contributed by atoms with E-state index in [4.69, 9.17) is 11.6 Å². The van der Waals surface area contributed by atoms with Gasteiger partial charge in [-0.15, -0.1) is 0 Å². The molecule has 0 radical (unpaired) electrons. The molecule has 0 fully saturated rings. The Kier molecular flexibility index (Phi) is 7.43.